The number of halogens is 4. The van der Waals surface area contributed by atoms with E-state index in [0.717, 1.165) is 18.2 Å². The van der Waals surface area contributed by atoms with Crippen LogP contribution >= 0.6 is 15.9 Å². The molecular formula is C12H10BrF3O2. The fourth-order valence-electron chi connectivity index (χ4n) is 1.20. The second kappa shape index (κ2) is 6.04. The Kier molecular flexibility index (Phi) is 4.95. The van der Waals surface area contributed by atoms with Gasteiger partial charge in [0.05, 0.1) is 12.2 Å². The predicted molar refractivity (Wildman–Crippen MR) is 64.8 cm³/mol. The van der Waals surface area contributed by atoms with Gasteiger partial charge in [0.2, 0.25) is 0 Å². The molecule has 0 bridgehead atoms. The Balaban J connectivity index is 2.98. The topological polar surface area (TPSA) is 26.3 Å². The summed E-state index contributed by atoms with van der Waals surface area (Å²) in [5.74, 6) is -0.596. The first-order chi connectivity index (χ1) is 8.34. The molecule has 1 aromatic rings. The van der Waals surface area contributed by atoms with Crippen molar-refractivity contribution in [1.29, 1.82) is 0 Å². The largest absolute Gasteiger partial charge is 0.463 e. The fraction of sp³-hybridized carbons (Fsp3) is 0.250. The summed E-state index contributed by atoms with van der Waals surface area (Å²) in [5.41, 5.74) is -0.507. The molecule has 1 rings (SSSR count). The lowest BCUT2D eigenvalue weighted by Crippen LogP contribution is -2.05. The fourth-order valence-corrected chi connectivity index (χ4v) is 1.57. The summed E-state index contributed by atoms with van der Waals surface area (Å²) in [5, 5.41) is 0. The number of benzene rings is 1. The Bertz CT molecular complexity index is 467. The Morgan fingerprint density at radius 1 is 1.44 bits per heavy atom. The highest BCUT2D eigenvalue weighted by Crippen LogP contribution is 2.32. The lowest BCUT2D eigenvalue weighted by molar-refractivity contribution is -0.138. The molecule has 0 unspecified atom stereocenters. The van der Waals surface area contributed by atoms with Gasteiger partial charge in [0.1, 0.15) is 0 Å². The van der Waals surface area contributed by atoms with Gasteiger partial charge in [-0.05, 0) is 36.8 Å². The highest BCUT2D eigenvalue weighted by molar-refractivity contribution is 9.10. The number of esters is 1. The van der Waals surface area contributed by atoms with Crippen molar-refractivity contribution in [3.05, 3.63) is 39.9 Å². The van der Waals surface area contributed by atoms with Gasteiger partial charge < -0.3 is 4.74 Å². The Morgan fingerprint density at radius 3 is 2.67 bits per heavy atom. The smallest absolute Gasteiger partial charge is 0.416 e. The maximum atomic E-state index is 12.5. The quantitative estimate of drug-likeness (QED) is 0.620. The Morgan fingerprint density at radius 2 is 2.11 bits per heavy atom. The van der Waals surface area contributed by atoms with E-state index in [1.807, 2.05) is 0 Å². The van der Waals surface area contributed by atoms with Crippen LogP contribution in [0.4, 0.5) is 13.2 Å². The lowest BCUT2D eigenvalue weighted by Gasteiger charge is -2.08. The minimum absolute atomic E-state index is 0.215. The molecule has 0 aromatic heterocycles. The van der Waals surface area contributed by atoms with Crippen LogP contribution in [0.1, 0.15) is 18.1 Å². The van der Waals surface area contributed by atoms with Crippen molar-refractivity contribution in [2.45, 2.75) is 13.1 Å². The van der Waals surface area contributed by atoms with Crippen LogP contribution in [-0.4, -0.2) is 12.6 Å². The molecule has 0 atom stereocenters. The van der Waals surface area contributed by atoms with Crippen molar-refractivity contribution < 1.29 is 22.7 Å². The van der Waals surface area contributed by atoms with Crippen molar-refractivity contribution in [1.82, 2.24) is 0 Å². The van der Waals surface area contributed by atoms with E-state index in [-0.39, 0.29) is 12.2 Å². The normalized spacial score (nSPS) is 11.8. The van der Waals surface area contributed by atoms with Gasteiger partial charge in [-0.3, -0.25) is 0 Å². The Hall–Kier alpha value is -1.30. The van der Waals surface area contributed by atoms with Gasteiger partial charge in [-0.2, -0.15) is 13.2 Å². The second-order valence-corrected chi connectivity index (χ2v) is 4.17. The summed E-state index contributed by atoms with van der Waals surface area (Å²) in [7, 11) is 0. The average molecular weight is 323 g/mol. The molecule has 0 aliphatic rings. The standard InChI is InChI=1S/C12H10BrF3O2/c1-2-18-11(17)6-3-8-7-9(12(14,15)16)4-5-10(8)13/h3-7H,2H2,1H3/b6-3+. The number of carbonyl (C=O) groups is 1. The highest BCUT2D eigenvalue weighted by atomic mass is 79.9. The van der Waals surface area contributed by atoms with Crippen LogP contribution < -0.4 is 0 Å². The molecule has 0 aliphatic heterocycles. The first kappa shape index (κ1) is 14.8. The maximum Gasteiger partial charge on any atom is 0.416 e. The maximum absolute atomic E-state index is 12.5. The minimum atomic E-state index is -4.41. The molecule has 0 amide bonds. The van der Waals surface area contributed by atoms with E-state index in [0.29, 0.717) is 4.47 Å². The van der Waals surface area contributed by atoms with Gasteiger partial charge >= 0.3 is 12.1 Å². The van der Waals surface area contributed by atoms with Crippen molar-refractivity contribution in [3.63, 3.8) is 0 Å². The van der Waals surface area contributed by atoms with Crippen LogP contribution in [0.25, 0.3) is 6.08 Å². The van der Waals surface area contributed by atoms with E-state index in [1.54, 1.807) is 6.92 Å². The molecule has 0 heterocycles. The van der Waals surface area contributed by atoms with Crippen LogP contribution in [0.15, 0.2) is 28.7 Å². The molecule has 0 N–H and O–H groups in total. The van der Waals surface area contributed by atoms with E-state index < -0.39 is 17.7 Å². The van der Waals surface area contributed by atoms with E-state index in [9.17, 15) is 18.0 Å². The summed E-state index contributed by atoms with van der Waals surface area (Å²) in [6.07, 6.45) is -2.05. The van der Waals surface area contributed by atoms with E-state index in [1.165, 1.54) is 12.1 Å². The highest BCUT2D eigenvalue weighted by Gasteiger charge is 2.30. The molecule has 0 aliphatic carbocycles. The molecule has 1 aromatic carbocycles. The van der Waals surface area contributed by atoms with Crippen LogP contribution in [0.2, 0.25) is 0 Å². The number of alkyl halides is 3. The van der Waals surface area contributed by atoms with Gasteiger partial charge in [0.25, 0.3) is 0 Å². The van der Waals surface area contributed by atoms with E-state index in [2.05, 4.69) is 20.7 Å². The third-order valence-electron chi connectivity index (χ3n) is 2.01. The molecule has 0 radical (unpaired) electrons. The zero-order valence-electron chi connectivity index (χ0n) is 9.42. The first-order valence-electron chi connectivity index (χ1n) is 5.06. The van der Waals surface area contributed by atoms with Gasteiger partial charge in [-0.1, -0.05) is 15.9 Å². The lowest BCUT2D eigenvalue weighted by atomic mass is 10.1. The molecule has 0 saturated carbocycles. The third-order valence-corrected chi connectivity index (χ3v) is 2.73. The molecule has 0 fully saturated rings. The molecule has 0 saturated heterocycles. The van der Waals surface area contributed by atoms with Crippen molar-refractivity contribution >= 4 is 28.0 Å². The summed E-state index contributed by atoms with van der Waals surface area (Å²) in [4.78, 5) is 11.1. The van der Waals surface area contributed by atoms with Crippen LogP contribution in [-0.2, 0) is 15.7 Å². The third kappa shape index (κ3) is 4.18. The van der Waals surface area contributed by atoms with E-state index >= 15 is 0 Å². The molecule has 18 heavy (non-hydrogen) atoms. The summed E-state index contributed by atoms with van der Waals surface area (Å²) in [6.45, 7) is 1.86. The van der Waals surface area contributed by atoms with Crippen molar-refractivity contribution in [2.24, 2.45) is 0 Å². The molecule has 6 heteroatoms. The van der Waals surface area contributed by atoms with E-state index in [4.69, 9.17) is 0 Å². The summed E-state index contributed by atoms with van der Waals surface area (Å²) >= 11 is 3.12. The zero-order chi connectivity index (χ0) is 13.8. The SMILES string of the molecule is CCOC(=O)/C=C/c1cc(C(F)(F)F)ccc1Br. The molecule has 98 valence electrons. The Labute approximate surface area is 111 Å². The number of ether oxygens (including phenoxy) is 1. The minimum Gasteiger partial charge on any atom is -0.463 e. The number of carbonyl (C=O) groups excluding carboxylic acids is 1. The van der Waals surface area contributed by atoms with Crippen LogP contribution in [0.3, 0.4) is 0 Å². The van der Waals surface area contributed by atoms with Gasteiger partial charge in [0, 0.05) is 10.5 Å². The number of rotatable bonds is 3. The van der Waals surface area contributed by atoms with Crippen LogP contribution in [0, 0.1) is 0 Å². The molecular weight excluding hydrogens is 313 g/mol. The van der Waals surface area contributed by atoms with Crippen molar-refractivity contribution in [3.8, 4) is 0 Å². The summed E-state index contributed by atoms with van der Waals surface area (Å²) < 4.78 is 42.6. The van der Waals surface area contributed by atoms with Gasteiger partial charge in [-0.15, -0.1) is 0 Å². The predicted octanol–water partition coefficient (Wildman–Crippen LogP) is 4.04. The molecule has 2 nitrogen and oxygen atoms in total. The number of hydrogen-bond donors (Lipinski definition) is 0. The number of hydrogen-bond acceptors (Lipinski definition) is 2. The first-order valence-corrected chi connectivity index (χ1v) is 5.85. The monoisotopic (exact) mass is 322 g/mol. The summed E-state index contributed by atoms with van der Waals surface area (Å²) in [6, 6.07) is 3.21. The average Bonchev–Trinajstić information content (AvgIpc) is 2.26. The second-order valence-electron chi connectivity index (χ2n) is 3.32. The van der Waals surface area contributed by atoms with Crippen LogP contribution in [0.5, 0.6) is 0 Å². The van der Waals surface area contributed by atoms with Gasteiger partial charge in [-0.25, -0.2) is 4.79 Å². The zero-order valence-corrected chi connectivity index (χ0v) is 11.0. The van der Waals surface area contributed by atoms with Crippen molar-refractivity contribution in [2.75, 3.05) is 6.61 Å². The van der Waals surface area contributed by atoms with Gasteiger partial charge in [0.15, 0.2) is 0 Å². The molecule has 0 spiro atoms.